The Morgan fingerprint density at radius 2 is 2.14 bits per heavy atom. The zero-order chi connectivity index (χ0) is 15.5. The smallest absolute Gasteiger partial charge is 0.417 e. The van der Waals surface area contributed by atoms with Crippen LogP contribution in [0.25, 0.3) is 11.0 Å². The van der Waals surface area contributed by atoms with E-state index in [1.54, 1.807) is 6.07 Å². The molecule has 3 aromatic rings. The summed E-state index contributed by atoms with van der Waals surface area (Å²) >= 11 is 0. The summed E-state index contributed by atoms with van der Waals surface area (Å²) in [4.78, 5) is 19.3. The number of nitrogens with one attached hydrogen (secondary N) is 1. The lowest BCUT2D eigenvalue weighted by atomic mass is 10.1. The van der Waals surface area contributed by atoms with Gasteiger partial charge in [0.25, 0.3) is 0 Å². The molecule has 0 atom stereocenters. The van der Waals surface area contributed by atoms with Gasteiger partial charge >= 0.3 is 6.09 Å². The van der Waals surface area contributed by atoms with Crippen LogP contribution in [-0.2, 0) is 6.42 Å². The monoisotopic (exact) mass is 298 g/mol. The minimum Gasteiger partial charge on any atom is -0.464 e. The lowest BCUT2D eigenvalue weighted by Gasteiger charge is -2.08. The fraction of sp³-hybridized carbons (Fsp3) is 0.133. The van der Waals surface area contributed by atoms with Crippen molar-refractivity contribution in [1.29, 1.82) is 0 Å². The van der Waals surface area contributed by atoms with Gasteiger partial charge in [-0.3, -0.25) is 0 Å². The SMILES string of the molecule is O=C(O)n1ccc2c(Nc3cccc(CCO)c3)ncnc21. The molecule has 0 amide bonds. The van der Waals surface area contributed by atoms with E-state index in [1.165, 1.54) is 12.5 Å². The van der Waals surface area contributed by atoms with E-state index in [0.717, 1.165) is 15.8 Å². The third-order valence-electron chi connectivity index (χ3n) is 3.28. The first-order valence-corrected chi connectivity index (χ1v) is 6.71. The van der Waals surface area contributed by atoms with Crippen LogP contribution in [0.15, 0.2) is 42.9 Å². The van der Waals surface area contributed by atoms with Crippen LogP contribution in [0.2, 0.25) is 0 Å². The van der Waals surface area contributed by atoms with E-state index in [9.17, 15) is 4.79 Å². The number of fused-ring (bicyclic) bond motifs is 1. The quantitative estimate of drug-likeness (QED) is 0.683. The van der Waals surface area contributed by atoms with E-state index >= 15 is 0 Å². The Morgan fingerprint density at radius 3 is 2.91 bits per heavy atom. The van der Waals surface area contributed by atoms with Gasteiger partial charge in [0, 0.05) is 18.5 Å². The molecule has 0 bridgehead atoms. The number of hydrogen-bond acceptors (Lipinski definition) is 5. The van der Waals surface area contributed by atoms with Gasteiger partial charge in [0.2, 0.25) is 0 Å². The van der Waals surface area contributed by atoms with Crippen molar-refractivity contribution in [1.82, 2.24) is 14.5 Å². The van der Waals surface area contributed by atoms with E-state index in [1.807, 2.05) is 24.3 Å². The second-order valence-electron chi connectivity index (χ2n) is 4.73. The van der Waals surface area contributed by atoms with Crippen molar-refractivity contribution in [3.63, 3.8) is 0 Å². The summed E-state index contributed by atoms with van der Waals surface area (Å²) < 4.78 is 1.05. The number of hydrogen-bond donors (Lipinski definition) is 3. The van der Waals surface area contributed by atoms with Gasteiger partial charge in [-0.05, 0) is 30.2 Å². The Hall–Kier alpha value is -2.93. The van der Waals surface area contributed by atoms with Crippen LogP contribution in [0.4, 0.5) is 16.3 Å². The number of aliphatic hydroxyl groups is 1. The summed E-state index contributed by atoms with van der Waals surface area (Å²) in [5.74, 6) is 0.533. The molecule has 0 fully saturated rings. The number of nitrogens with zero attached hydrogens (tertiary/aromatic N) is 3. The molecule has 0 unspecified atom stereocenters. The van der Waals surface area contributed by atoms with Crippen LogP contribution in [0.1, 0.15) is 5.56 Å². The maximum absolute atomic E-state index is 11.1. The number of aromatic nitrogens is 3. The molecule has 0 saturated heterocycles. The Bertz CT molecular complexity index is 829. The first kappa shape index (κ1) is 14.0. The number of carbonyl (C=O) groups is 1. The van der Waals surface area contributed by atoms with Crippen LogP contribution in [0.5, 0.6) is 0 Å². The average molecular weight is 298 g/mol. The average Bonchev–Trinajstić information content (AvgIpc) is 2.93. The third-order valence-corrected chi connectivity index (χ3v) is 3.28. The van der Waals surface area contributed by atoms with Gasteiger partial charge in [-0.15, -0.1) is 0 Å². The maximum Gasteiger partial charge on any atom is 0.417 e. The van der Waals surface area contributed by atoms with Gasteiger partial charge < -0.3 is 15.5 Å². The molecule has 7 heteroatoms. The van der Waals surface area contributed by atoms with Crippen molar-refractivity contribution in [2.45, 2.75) is 6.42 Å². The highest BCUT2D eigenvalue weighted by molar-refractivity contribution is 5.93. The van der Waals surface area contributed by atoms with Crippen LogP contribution < -0.4 is 5.32 Å². The second kappa shape index (κ2) is 5.82. The molecule has 2 heterocycles. The third kappa shape index (κ3) is 2.61. The number of rotatable bonds is 4. The lowest BCUT2D eigenvalue weighted by molar-refractivity contribution is 0.197. The molecule has 3 rings (SSSR count). The number of anilines is 2. The predicted molar refractivity (Wildman–Crippen MR) is 81.5 cm³/mol. The normalized spacial score (nSPS) is 10.8. The summed E-state index contributed by atoms with van der Waals surface area (Å²) in [6.45, 7) is 0.0860. The number of aliphatic hydroxyl groups excluding tert-OH is 1. The molecule has 1 aromatic carbocycles. The largest absolute Gasteiger partial charge is 0.464 e. The van der Waals surface area contributed by atoms with Crippen molar-refractivity contribution in [3.05, 3.63) is 48.4 Å². The highest BCUT2D eigenvalue weighted by atomic mass is 16.4. The first-order valence-electron chi connectivity index (χ1n) is 6.71. The van der Waals surface area contributed by atoms with E-state index in [2.05, 4.69) is 15.3 Å². The molecular weight excluding hydrogens is 284 g/mol. The number of carboxylic acid groups (broad SMARTS) is 1. The molecule has 22 heavy (non-hydrogen) atoms. The van der Waals surface area contributed by atoms with E-state index in [0.29, 0.717) is 23.3 Å². The van der Waals surface area contributed by atoms with Gasteiger partial charge in [0.1, 0.15) is 12.1 Å². The Balaban J connectivity index is 1.97. The molecule has 0 saturated carbocycles. The minimum absolute atomic E-state index is 0.0860. The maximum atomic E-state index is 11.1. The molecule has 112 valence electrons. The van der Waals surface area contributed by atoms with Gasteiger partial charge in [-0.1, -0.05) is 12.1 Å². The standard InChI is InChI=1S/C15H14N4O3/c20-7-5-10-2-1-3-11(8-10)18-13-12-4-6-19(15(21)22)14(12)17-9-16-13/h1-4,6,8-9,20H,5,7H2,(H,21,22)(H,16,17,18). The molecule has 0 aliphatic heterocycles. The van der Waals surface area contributed by atoms with Crippen molar-refractivity contribution >= 4 is 28.6 Å². The van der Waals surface area contributed by atoms with Crippen LogP contribution in [0.3, 0.4) is 0 Å². The molecule has 0 aliphatic rings. The fourth-order valence-electron chi connectivity index (χ4n) is 2.28. The van der Waals surface area contributed by atoms with Crippen LogP contribution in [-0.4, -0.2) is 37.4 Å². The molecule has 7 nitrogen and oxygen atoms in total. The van der Waals surface area contributed by atoms with Crippen molar-refractivity contribution in [2.75, 3.05) is 11.9 Å². The summed E-state index contributed by atoms with van der Waals surface area (Å²) in [6, 6.07) is 9.26. The Kier molecular flexibility index (Phi) is 3.71. The molecule has 2 aromatic heterocycles. The van der Waals surface area contributed by atoms with Crippen molar-refractivity contribution < 1.29 is 15.0 Å². The van der Waals surface area contributed by atoms with Gasteiger partial charge in [0.05, 0.1) is 5.39 Å². The molecule has 0 spiro atoms. The van der Waals surface area contributed by atoms with E-state index in [-0.39, 0.29) is 6.61 Å². The zero-order valence-electron chi connectivity index (χ0n) is 11.6. The molecule has 0 aliphatic carbocycles. The minimum atomic E-state index is -1.09. The molecule has 0 radical (unpaired) electrons. The van der Waals surface area contributed by atoms with Gasteiger partial charge in [-0.2, -0.15) is 0 Å². The fourth-order valence-corrected chi connectivity index (χ4v) is 2.28. The molecular formula is C15H14N4O3. The highest BCUT2D eigenvalue weighted by Gasteiger charge is 2.12. The van der Waals surface area contributed by atoms with Crippen molar-refractivity contribution in [3.8, 4) is 0 Å². The van der Waals surface area contributed by atoms with Gasteiger partial charge in [0.15, 0.2) is 5.65 Å². The Morgan fingerprint density at radius 1 is 1.27 bits per heavy atom. The second-order valence-corrected chi connectivity index (χ2v) is 4.73. The van der Waals surface area contributed by atoms with E-state index < -0.39 is 6.09 Å². The van der Waals surface area contributed by atoms with Crippen LogP contribution in [0, 0.1) is 0 Å². The lowest BCUT2D eigenvalue weighted by Crippen LogP contribution is -2.07. The molecule has 3 N–H and O–H groups in total. The van der Waals surface area contributed by atoms with Gasteiger partial charge in [-0.25, -0.2) is 19.3 Å². The summed E-state index contributed by atoms with van der Waals surface area (Å²) in [6.07, 6.45) is 2.24. The Labute approximate surface area is 125 Å². The number of benzene rings is 1. The summed E-state index contributed by atoms with van der Waals surface area (Å²) in [5, 5.41) is 21.9. The predicted octanol–water partition coefficient (Wildman–Crippen LogP) is 2.24. The van der Waals surface area contributed by atoms with Crippen molar-refractivity contribution in [2.24, 2.45) is 0 Å². The zero-order valence-corrected chi connectivity index (χ0v) is 11.6. The summed E-state index contributed by atoms with van der Waals surface area (Å²) in [7, 11) is 0. The van der Waals surface area contributed by atoms with Crippen LogP contribution >= 0.6 is 0 Å². The first-order chi connectivity index (χ1) is 10.7. The topological polar surface area (TPSA) is 100 Å². The highest BCUT2D eigenvalue weighted by Crippen LogP contribution is 2.24. The van der Waals surface area contributed by atoms with E-state index in [4.69, 9.17) is 10.2 Å². The summed E-state index contributed by atoms with van der Waals surface area (Å²) in [5.41, 5.74) is 2.14.